The van der Waals surface area contributed by atoms with Crippen LogP contribution in [0.2, 0.25) is 0 Å². The number of fused-ring (bicyclic) bond motifs is 1. The Labute approximate surface area is 209 Å². The van der Waals surface area contributed by atoms with Crippen molar-refractivity contribution >= 4 is 24.5 Å². The molecule has 0 saturated carbocycles. The molecular weight excluding hydrogens is 463 g/mol. The second kappa shape index (κ2) is 10.3. The fourth-order valence-electron chi connectivity index (χ4n) is 4.35. The first kappa shape index (κ1) is 23.7. The van der Waals surface area contributed by atoms with Crippen LogP contribution in [0.5, 0.6) is 23.1 Å². The summed E-state index contributed by atoms with van der Waals surface area (Å²) in [6.07, 6.45) is 3.11. The van der Waals surface area contributed by atoms with E-state index in [1.165, 1.54) is 0 Å². The average molecular weight is 488 g/mol. The van der Waals surface area contributed by atoms with Crippen molar-refractivity contribution in [3.63, 3.8) is 0 Å². The lowest BCUT2D eigenvalue weighted by Crippen LogP contribution is -2.47. The summed E-state index contributed by atoms with van der Waals surface area (Å²) in [4.78, 5) is 29.9. The van der Waals surface area contributed by atoms with Gasteiger partial charge >= 0.3 is 19.1 Å². The van der Waals surface area contributed by atoms with E-state index in [9.17, 15) is 9.59 Å². The molecule has 2 aliphatic rings. The molecule has 9 nitrogen and oxygen atoms in total. The first-order chi connectivity index (χ1) is 17.5. The molecule has 1 unspecified atom stereocenters. The van der Waals surface area contributed by atoms with E-state index in [-0.39, 0.29) is 19.2 Å². The van der Waals surface area contributed by atoms with Gasteiger partial charge in [0.1, 0.15) is 17.6 Å². The minimum atomic E-state index is -1.08. The predicted octanol–water partition coefficient (Wildman–Crippen LogP) is 2.68. The molecule has 1 aromatic heterocycles. The van der Waals surface area contributed by atoms with Gasteiger partial charge in [0.15, 0.2) is 5.75 Å². The largest absolute Gasteiger partial charge is 0.636 e. The quantitative estimate of drug-likeness (QED) is 0.486. The molecule has 0 bridgehead atoms. The number of pyridine rings is 1. The predicted molar refractivity (Wildman–Crippen MR) is 131 cm³/mol. The molecule has 0 spiro atoms. The maximum Gasteiger partial charge on any atom is 0.636 e. The number of benzene rings is 2. The van der Waals surface area contributed by atoms with Crippen molar-refractivity contribution in [3.05, 3.63) is 71.9 Å². The van der Waals surface area contributed by atoms with Gasteiger partial charge < -0.3 is 23.5 Å². The zero-order valence-corrected chi connectivity index (χ0v) is 20.0. The van der Waals surface area contributed by atoms with Gasteiger partial charge in [-0.05, 0) is 55.8 Å². The lowest BCUT2D eigenvalue weighted by atomic mass is 9.78. The molecule has 5 rings (SSSR count). The first-order valence-corrected chi connectivity index (χ1v) is 11.6. The Bertz CT molecular complexity index is 1250. The van der Waals surface area contributed by atoms with Crippen LogP contribution < -0.4 is 19.7 Å². The highest BCUT2D eigenvalue weighted by Crippen LogP contribution is 2.41. The number of hydrogen-bond acceptors (Lipinski definition) is 9. The van der Waals surface area contributed by atoms with E-state index in [0.29, 0.717) is 22.8 Å². The average Bonchev–Trinajstić information content (AvgIpc) is 3.27. The maximum atomic E-state index is 12.0. The number of likely N-dealkylation sites (N-methyl/N-ethyl adjacent to an activating group) is 1. The number of methoxy groups -OCH3 is 1. The fraction of sp³-hybridized carbons (Fsp3) is 0.269. The second-order valence-corrected chi connectivity index (χ2v) is 8.63. The molecule has 1 aliphatic heterocycles. The third-order valence-corrected chi connectivity index (χ3v) is 6.04. The lowest BCUT2D eigenvalue weighted by molar-refractivity contribution is -0.145. The second-order valence-electron chi connectivity index (χ2n) is 8.63. The Kier molecular flexibility index (Phi) is 6.77. The number of carbonyl (C=O) groups excluding carboxylic acids is 2. The van der Waals surface area contributed by atoms with Gasteiger partial charge in [0.05, 0.1) is 20.2 Å². The van der Waals surface area contributed by atoms with Crippen molar-refractivity contribution in [2.75, 3.05) is 27.2 Å². The minimum absolute atomic E-state index is 0.0205. The van der Waals surface area contributed by atoms with Crippen molar-refractivity contribution in [3.8, 4) is 23.1 Å². The Balaban J connectivity index is 1.29. The highest BCUT2D eigenvalue weighted by molar-refractivity contribution is 6.64. The molecule has 1 atom stereocenters. The minimum Gasteiger partial charge on any atom is -0.494 e. The summed E-state index contributed by atoms with van der Waals surface area (Å²) in [5.41, 5.74) is 2.68. The Morgan fingerprint density at radius 3 is 2.42 bits per heavy atom. The third kappa shape index (κ3) is 5.13. The molecule has 1 aliphatic carbocycles. The number of hydrogen-bond donors (Lipinski definition) is 0. The zero-order valence-electron chi connectivity index (χ0n) is 20.0. The summed E-state index contributed by atoms with van der Waals surface area (Å²) >= 11 is 0. The van der Waals surface area contributed by atoms with Crippen LogP contribution in [0.15, 0.2) is 60.8 Å². The van der Waals surface area contributed by atoms with Crippen molar-refractivity contribution in [1.29, 1.82) is 0 Å². The van der Waals surface area contributed by atoms with Crippen LogP contribution in [0.4, 0.5) is 0 Å². The molecule has 2 heterocycles. The summed E-state index contributed by atoms with van der Waals surface area (Å²) in [7, 11) is 2.15. The van der Waals surface area contributed by atoms with Crippen LogP contribution in [0.3, 0.4) is 0 Å². The van der Waals surface area contributed by atoms with Crippen molar-refractivity contribution in [2.24, 2.45) is 0 Å². The molecule has 184 valence electrons. The maximum absolute atomic E-state index is 12.0. The van der Waals surface area contributed by atoms with Crippen LogP contribution in [0.1, 0.15) is 23.7 Å². The van der Waals surface area contributed by atoms with Crippen molar-refractivity contribution in [2.45, 2.75) is 18.9 Å². The smallest absolute Gasteiger partial charge is 0.494 e. The van der Waals surface area contributed by atoms with Gasteiger partial charge in [0, 0.05) is 17.2 Å². The summed E-state index contributed by atoms with van der Waals surface area (Å²) in [6.45, 7) is 0.0411. The summed E-state index contributed by atoms with van der Waals surface area (Å²) in [6, 6.07) is 16.5. The highest BCUT2D eigenvalue weighted by atomic mass is 16.6. The van der Waals surface area contributed by atoms with Crippen LogP contribution in [-0.4, -0.2) is 56.2 Å². The number of rotatable bonds is 6. The molecule has 0 N–H and O–H groups in total. The first-order valence-electron chi connectivity index (χ1n) is 11.6. The standard InChI is InChI=1S/C26H25BN2O7/c1-29-15-24(30)35-27(36-25(31)16-29)17-8-10-18(11-9-17)33-22-13-12-20-19(22)5-3-6-21(20)34-26-23(32-2)7-4-14-28-26/h3-11,14,22H,12-13,15-16H2,1-2H3. The molecule has 2 aromatic carbocycles. The van der Waals surface area contributed by atoms with Gasteiger partial charge in [-0.2, -0.15) is 0 Å². The van der Waals surface area contributed by atoms with E-state index in [2.05, 4.69) is 4.98 Å². The molecule has 3 aromatic rings. The van der Waals surface area contributed by atoms with Crippen LogP contribution in [0, 0.1) is 0 Å². The highest BCUT2D eigenvalue weighted by Gasteiger charge is 2.34. The number of nitrogens with zero attached hydrogens (tertiary/aromatic N) is 2. The summed E-state index contributed by atoms with van der Waals surface area (Å²) < 4.78 is 28.4. The van der Waals surface area contributed by atoms with E-state index in [4.69, 9.17) is 23.5 Å². The normalized spacial score (nSPS) is 17.9. The fourth-order valence-corrected chi connectivity index (χ4v) is 4.35. The molecule has 0 radical (unpaired) electrons. The Morgan fingerprint density at radius 2 is 1.69 bits per heavy atom. The van der Waals surface area contributed by atoms with E-state index < -0.39 is 19.1 Å². The van der Waals surface area contributed by atoms with Crippen LogP contribution in [0.25, 0.3) is 0 Å². The molecular formula is C26H25BN2O7. The monoisotopic (exact) mass is 488 g/mol. The summed E-state index contributed by atoms with van der Waals surface area (Å²) in [5, 5.41) is 0. The topological polar surface area (TPSA) is 96.4 Å². The summed E-state index contributed by atoms with van der Waals surface area (Å²) in [5.74, 6) is 1.44. The SMILES string of the molecule is COc1cccnc1Oc1cccc2c1CCC2Oc1ccc(B2OC(=O)CN(C)CC(=O)O2)cc1. The van der Waals surface area contributed by atoms with Crippen molar-refractivity contribution < 1.29 is 33.1 Å². The van der Waals surface area contributed by atoms with E-state index in [1.54, 1.807) is 61.7 Å². The number of ether oxygens (including phenoxy) is 3. The van der Waals surface area contributed by atoms with Gasteiger partial charge in [-0.1, -0.05) is 24.3 Å². The molecule has 0 amide bonds. The van der Waals surface area contributed by atoms with E-state index in [0.717, 1.165) is 29.7 Å². The van der Waals surface area contributed by atoms with Crippen LogP contribution >= 0.6 is 0 Å². The Hall–Kier alpha value is -4.05. The van der Waals surface area contributed by atoms with Gasteiger partial charge in [-0.15, -0.1) is 0 Å². The van der Waals surface area contributed by atoms with Gasteiger partial charge in [-0.3, -0.25) is 14.5 Å². The molecule has 10 heteroatoms. The lowest BCUT2D eigenvalue weighted by Gasteiger charge is -2.22. The van der Waals surface area contributed by atoms with Gasteiger partial charge in [0.2, 0.25) is 0 Å². The molecule has 1 fully saturated rings. The Morgan fingerprint density at radius 1 is 0.972 bits per heavy atom. The van der Waals surface area contributed by atoms with E-state index in [1.807, 2.05) is 18.2 Å². The number of carbonyl (C=O) groups is 2. The van der Waals surface area contributed by atoms with Crippen molar-refractivity contribution in [1.82, 2.24) is 9.88 Å². The van der Waals surface area contributed by atoms with Gasteiger partial charge in [-0.25, -0.2) is 4.98 Å². The van der Waals surface area contributed by atoms with E-state index >= 15 is 0 Å². The zero-order chi connectivity index (χ0) is 25.1. The molecule has 36 heavy (non-hydrogen) atoms. The molecule has 1 saturated heterocycles. The van der Waals surface area contributed by atoms with Crippen LogP contribution in [-0.2, 0) is 25.3 Å². The number of aromatic nitrogens is 1. The third-order valence-electron chi connectivity index (χ3n) is 6.04. The van der Waals surface area contributed by atoms with Gasteiger partial charge in [0.25, 0.3) is 5.88 Å².